The topological polar surface area (TPSA) is 109 Å². The lowest BCUT2D eigenvalue weighted by Gasteiger charge is -2.14. The molecule has 2 rings (SSSR count). The summed E-state index contributed by atoms with van der Waals surface area (Å²) >= 11 is 0. The molecule has 0 radical (unpaired) electrons. The number of carbonyl (C=O) groups excluding carboxylic acids is 1. The Morgan fingerprint density at radius 2 is 2.04 bits per heavy atom. The maximum atomic E-state index is 11.7. The van der Waals surface area contributed by atoms with Crippen LogP contribution in [0.3, 0.4) is 0 Å². The van der Waals surface area contributed by atoms with Crippen LogP contribution in [0, 0.1) is 10.1 Å². The fraction of sp³-hybridized carbons (Fsp3) is 0.400. The van der Waals surface area contributed by atoms with Gasteiger partial charge in [-0.3, -0.25) is 0 Å². The summed E-state index contributed by atoms with van der Waals surface area (Å²) in [7, 11) is 2.91. The molecule has 1 heterocycles. The van der Waals surface area contributed by atoms with E-state index in [0.29, 0.717) is 24.4 Å². The van der Waals surface area contributed by atoms with E-state index in [0.717, 1.165) is 5.56 Å². The minimum Gasteiger partial charge on any atom is -0.467 e. The first-order valence-electron chi connectivity index (χ1n) is 7.30. The van der Waals surface area contributed by atoms with Crippen molar-refractivity contribution < 1.29 is 19.2 Å². The van der Waals surface area contributed by atoms with E-state index in [9.17, 15) is 14.9 Å². The van der Waals surface area contributed by atoms with Gasteiger partial charge in [0, 0.05) is 30.7 Å². The van der Waals surface area contributed by atoms with Crippen LogP contribution >= 0.6 is 0 Å². The number of nitrogens with zero attached hydrogens (tertiary/aromatic N) is 4. The second-order valence-electron chi connectivity index (χ2n) is 4.98. The first-order valence-corrected chi connectivity index (χ1v) is 7.30. The zero-order valence-corrected chi connectivity index (χ0v) is 13.6. The van der Waals surface area contributed by atoms with E-state index in [1.165, 1.54) is 11.8 Å². The summed E-state index contributed by atoms with van der Waals surface area (Å²) in [6, 6.07) is 7.16. The molecule has 0 spiro atoms. The minimum absolute atomic E-state index is 0.375. The van der Waals surface area contributed by atoms with Gasteiger partial charge >= 0.3 is 11.9 Å². The standard InChI is InChI=1S/C15H18N4O5/c1-4-24-12(14(20)23-3)9-10-5-7-11(8-6-10)13-16-15(19(21)22)17-18(13)2/h5-8,12H,4,9H2,1-3H3/t12-/m0/s1. The van der Waals surface area contributed by atoms with Crippen molar-refractivity contribution in [3.05, 3.63) is 39.9 Å². The van der Waals surface area contributed by atoms with E-state index in [1.807, 2.05) is 12.1 Å². The molecule has 9 nitrogen and oxygen atoms in total. The van der Waals surface area contributed by atoms with E-state index in [1.54, 1.807) is 26.1 Å². The molecule has 1 atom stereocenters. The summed E-state index contributed by atoms with van der Waals surface area (Å²) in [5, 5.41) is 14.5. The molecule has 0 saturated heterocycles. The molecule has 128 valence electrons. The molecular weight excluding hydrogens is 316 g/mol. The van der Waals surface area contributed by atoms with E-state index < -0.39 is 22.9 Å². The van der Waals surface area contributed by atoms with Crippen LogP contribution in [0.25, 0.3) is 11.4 Å². The number of aromatic nitrogens is 3. The van der Waals surface area contributed by atoms with E-state index in [2.05, 4.69) is 10.1 Å². The van der Waals surface area contributed by atoms with Crippen LogP contribution in [-0.4, -0.2) is 45.5 Å². The zero-order valence-electron chi connectivity index (χ0n) is 13.6. The number of aryl methyl sites for hydroxylation is 1. The van der Waals surface area contributed by atoms with E-state index in [4.69, 9.17) is 9.47 Å². The van der Waals surface area contributed by atoms with Crippen LogP contribution in [0.15, 0.2) is 24.3 Å². The highest BCUT2D eigenvalue weighted by molar-refractivity contribution is 5.75. The molecule has 0 unspecified atom stereocenters. The Hall–Kier alpha value is -2.81. The molecule has 2 aromatic rings. The van der Waals surface area contributed by atoms with Crippen molar-refractivity contribution in [1.29, 1.82) is 0 Å². The van der Waals surface area contributed by atoms with E-state index in [-0.39, 0.29) is 0 Å². The van der Waals surface area contributed by atoms with Crippen LogP contribution in [0.1, 0.15) is 12.5 Å². The van der Waals surface area contributed by atoms with Crippen molar-refractivity contribution in [2.45, 2.75) is 19.4 Å². The second-order valence-corrected chi connectivity index (χ2v) is 4.98. The smallest absolute Gasteiger partial charge is 0.467 e. The highest BCUT2D eigenvalue weighted by Crippen LogP contribution is 2.20. The molecule has 0 aliphatic rings. The number of nitro groups is 1. The Morgan fingerprint density at radius 1 is 1.38 bits per heavy atom. The number of carbonyl (C=O) groups is 1. The molecule has 0 aliphatic heterocycles. The molecule has 0 aliphatic carbocycles. The number of methoxy groups -OCH3 is 1. The molecule has 0 saturated carbocycles. The fourth-order valence-electron chi connectivity index (χ4n) is 2.25. The number of hydrogen-bond donors (Lipinski definition) is 0. The van der Waals surface area contributed by atoms with Gasteiger partial charge in [0.1, 0.15) is 0 Å². The lowest BCUT2D eigenvalue weighted by Crippen LogP contribution is -2.28. The average Bonchev–Trinajstić information content (AvgIpc) is 2.96. The maximum Gasteiger partial charge on any atom is 0.491 e. The molecule has 0 bridgehead atoms. The van der Waals surface area contributed by atoms with Gasteiger partial charge in [0.2, 0.25) is 5.82 Å². The third kappa shape index (κ3) is 3.93. The number of benzene rings is 1. The molecule has 0 N–H and O–H groups in total. The SMILES string of the molecule is CCO[C@@H](Cc1ccc(-c2nc([N+](=O)[O-])nn2C)cc1)C(=O)OC. The Balaban J connectivity index is 2.18. The van der Waals surface area contributed by atoms with Crippen molar-refractivity contribution in [2.75, 3.05) is 13.7 Å². The molecule has 9 heteroatoms. The zero-order chi connectivity index (χ0) is 17.7. The normalized spacial score (nSPS) is 12.0. The van der Waals surface area contributed by atoms with E-state index >= 15 is 0 Å². The molecule has 0 amide bonds. The summed E-state index contributed by atoms with van der Waals surface area (Å²) in [5.41, 5.74) is 1.56. The van der Waals surface area contributed by atoms with Crippen molar-refractivity contribution in [1.82, 2.24) is 14.8 Å². The maximum absolute atomic E-state index is 11.7. The van der Waals surface area contributed by atoms with Gasteiger partial charge in [-0.15, -0.1) is 0 Å². The third-order valence-corrected chi connectivity index (χ3v) is 3.38. The monoisotopic (exact) mass is 334 g/mol. The number of rotatable bonds is 7. The van der Waals surface area contributed by atoms with Gasteiger partial charge in [-0.1, -0.05) is 12.1 Å². The predicted molar refractivity (Wildman–Crippen MR) is 84.2 cm³/mol. The summed E-state index contributed by atoms with van der Waals surface area (Å²) in [6.07, 6.45) is -0.290. The summed E-state index contributed by atoms with van der Waals surface area (Å²) in [4.78, 5) is 25.7. The first-order chi connectivity index (χ1) is 11.5. The van der Waals surface area contributed by atoms with Crippen molar-refractivity contribution in [3.63, 3.8) is 0 Å². The lowest BCUT2D eigenvalue weighted by atomic mass is 10.1. The number of esters is 1. The van der Waals surface area contributed by atoms with Crippen LogP contribution in [0.5, 0.6) is 0 Å². The molecule has 0 fully saturated rings. The van der Waals surface area contributed by atoms with Gasteiger partial charge in [0.15, 0.2) is 6.10 Å². The highest BCUT2D eigenvalue weighted by Gasteiger charge is 2.22. The summed E-state index contributed by atoms with van der Waals surface area (Å²) < 4.78 is 11.5. The Bertz CT molecular complexity index is 726. The van der Waals surface area contributed by atoms with Gasteiger partial charge in [-0.2, -0.15) is 4.68 Å². The van der Waals surface area contributed by atoms with Crippen LogP contribution in [0.4, 0.5) is 5.95 Å². The first kappa shape index (κ1) is 17.5. The van der Waals surface area contributed by atoms with Gasteiger partial charge in [-0.05, 0) is 34.5 Å². The highest BCUT2D eigenvalue weighted by atomic mass is 16.6. The largest absolute Gasteiger partial charge is 0.491 e. The second kappa shape index (κ2) is 7.64. The summed E-state index contributed by atoms with van der Waals surface area (Å²) in [6.45, 7) is 2.21. The molecule has 1 aromatic heterocycles. The van der Waals surface area contributed by atoms with Gasteiger partial charge in [-0.25, -0.2) is 4.79 Å². The minimum atomic E-state index is -0.665. The molecule has 1 aromatic carbocycles. The third-order valence-electron chi connectivity index (χ3n) is 3.38. The lowest BCUT2D eigenvalue weighted by molar-refractivity contribution is -0.394. The fourth-order valence-corrected chi connectivity index (χ4v) is 2.25. The van der Waals surface area contributed by atoms with Crippen molar-refractivity contribution in [2.24, 2.45) is 7.05 Å². The van der Waals surface area contributed by atoms with Gasteiger partial charge in [0.05, 0.1) is 7.11 Å². The van der Waals surface area contributed by atoms with Crippen LogP contribution in [-0.2, 0) is 27.7 Å². The quantitative estimate of drug-likeness (QED) is 0.429. The Morgan fingerprint density at radius 3 is 2.54 bits per heavy atom. The average molecular weight is 334 g/mol. The summed E-state index contributed by atoms with van der Waals surface area (Å²) in [5.74, 6) is -0.480. The molecule has 24 heavy (non-hydrogen) atoms. The number of ether oxygens (including phenoxy) is 2. The van der Waals surface area contributed by atoms with Crippen LogP contribution in [0.2, 0.25) is 0 Å². The van der Waals surface area contributed by atoms with Gasteiger partial charge in [0.25, 0.3) is 0 Å². The van der Waals surface area contributed by atoms with Gasteiger partial charge < -0.3 is 19.6 Å². The van der Waals surface area contributed by atoms with Crippen molar-refractivity contribution >= 4 is 11.9 Å². The Kier molecular flexibility index (Phi) is 5.59. The number of hydrogen-bond acceptors (Lipinski definition) is 7. The molecular formula is C15H18N4O5. The predicted octanol–water partition coefficient (Wildman–Crippen LogP) is 1.51. The van der Waals surface area contributed by atoms with Crippen molar-refractivity contribution in [3.8, 4) is 11.4 Å². The van der Waals surface area contributed by atoms with Crippen LogP contribution < -0.4 is 0 Å². The Labute approximate surface area is 138 Å².